The zero-order valence-electron chi connectivity index (χ0n) is 12.2. The summed E-state index contributed by atoms with van der Waals surface area (Å²) in [5.41, 5.74) is 7.01. The Morgan fingerprint density at radius 3 is 2.86 bits per heavy atom. The lowest BCUT2D eigenvalue weighted by atomic mass is 9.98. The molecule has 6 heteroatoms. The van der Waals surface area contributed by atoms with Gasteiger partial charge in [0.05, 0.1) is 13.1 Å². The van der Waals surface area contributed by atoms with Gasteiger partial charge >= 0.3 is 0 Å². The second-order valence-corrected chi connectivity index (χ2v) is 5.72. The van der Waals surface area contributed by atoms with Crippen LogP contribution in [0.3, 0.4) is 0 Å². The normalized spacial score (nSPS) is 19.8. The molecule has 112 valence electrons. The zero-order chi connectivity index (χ0) is 14.5. The SMILES string of the molecule is NCC1CCCN(Cc2nnnn2Cc2ccccc2)C1. The summed E-state index contributed by atoms with van der Waals surface area (Å²) >= 11 is 0. The highest BCUT2D eigenvalue weighted by molar-refractivity contribution is 5.14. The molecule has 6 nitrogen and oxygen atoms in total. The number of rotatable bonds is 5. The summed E-state index contributed by atoms with van der Waals surface area (Å²) in [6, 6.07) is 10.3. The van der Waals surface area contributed by atoms with Crippen molar-refractivity contribution in [1.29, 1.82) is 0 Å². The molecule has 1 aliphatic heterocycles. The van der Waals surface area contributed by atoms with Gasteiger partial charge in [0.15, 0.2) is 5.82 Å². The number of benzene rings is 1. The Bertz CT molecular complexity index is 552. The maximum absolute atomic E-state index is 5.80. The number of likely N-dealkylation sites (tertiary alicyclic amines) is 1. The topological polar surface area (TPSA) is 72.9 Å². The molecular formula is C15H22N6. The minimum Gasteiger partial charge on any atom is -0.330 e. The van der Waals surface area contributed by atoms with Crippen LogP contribution < -0.4 is 5.73 Å². The van der Waals surface area contributed by atoms with Crippen LogP contribution in [0.5, 0.6) is 0 Å². The van der Waals surface area contributed by atoms with Crippen molar-refractivity contribution >= 4 is 0 Å². The maximum atomic E-state index is 5.80. The third kappa shape index (κ3) is 3.65. The molecule has 1 fully saturated rings. The van der Waals surface area contributed by atoms with Crippen LogP contribution in [0.4, 0.5) is 0 Å². The number of nitrogens with zero attached hydrogens (tertiary/aromatic N) is 5. The average Bonchev–Trinajstić information content (AvgIpc) is 2.95. The Hall–Kier alpha value is -1.79. The van der Waals surface area contributed by atoms with Crippen LogP contribution in [-0.2, 0) is 13.1 Å². The van der Waals surface area contributed by atoms with Crippen molar-refractivity contribution in [2.24, 2.45) is 11.7 Å². The van der Waals surface area contributed by atoms with Crippen LogP contribution >= 0.6 is 0 Å². The predicted octanol–water partition coefficient (Wildman–Crippen LogP) is 0.892. The van der Waals surface area contributed by atoms with Gasteiger partial charge < -0.3 is 5.73 Å². The van der Waals surface area contributed by atoms with E-state index in [0.717, 1.165) is 38.5 Å². The van der Waals surface area contributed by atoms with Crippen LogP contribution in [0.15, 0.2) is 30.3 Å². The highest BCUT2D eigenvalue weighted by Gasteiger charge is 2.20. The van der Waals surface area contributed by atoms with Gasteiger partial charge in [-0.05, 0) is 47.8 Å². The number of hydrogen-bond donors (Lipinski definition) is 1. The first-order valence-electron chi connectivity index (χ1n) is 7.56. The smallest absolute Gasteiger partial charge is 0.165 e. The lowest BCUT2D eigenvalue weighted by molar-refractivity contribution is 0.165. The Morgan fingerprint density at radius 2 is 2.05 bits per heavy atom. The number of tetrazole rings is 1. The van der Waals surface area contributed by atoms with Crippen molar-refractivity contribution < 1.29 is 0 Å². The van der Waals surface area contributed by atoms with Crippen LogP contribution in [0, 0.1) is 5.92 Å². The molecule has 1 unspecified atom stereocenters. The van der Waals surface area contributed by atoms with Crippen LogP contribution in [0.25, 0.3) is 0 Å². The molecule has 1 aromatic heterocycles. The highest BCUT2D eigenvalue weighted by Crippen LogP contribution is 2.17. The van der Waals surface area contributed by atoms with E-state index in [4.69, 9.17) is 5.73 Å². The molecule has 1 saturated heterocycles. The van der Waals surface area contributed by atoms with Gasteiger partial charge in [0.2, 0.25) is 0 Å². The van der Waals surface area contributed by atoms with E-state index in [1.165, 1.54) is 18.4 Å². The van der Waals surface area contributed by atoms with Gasteiger partial charge in [-0.15, -0.1) is 5.10 Å². The second-order valence-electron chi connectivity index (χ2n) is 5.72. The number of aromatic nitrogens is 4. The molecule has 2 N–H and O–H groups in total. The van der Waals surface area contributed by atoms with Gasteiger partial charge in [-0.2, -0.15) is 0 Å². The van der Waals surface area contributed by atoms with E-state index in [0.29, 0.717) is 5.92 Å². The van der Waals surface area contributed by atoms with Gasteiger partial charge in [0, 0.05) is 6.54 Å². The van der Waals surface area contributed by atoms with Gasteiger partial charge in [-0.3, -0.25) is 4.90 Å². The van der Waals surface area contributed by atoms with Crippen molar-refractivity contribution in [3.63, 3.8) is 0 Å². The van der Waals surface area contributed by atoms with Crippen molar-refractivity contribution in [2.75, 3.05) is 19.6 Å². The fraction of sp³-hybridized carbons (Fsp3) is 0.533. The van der Waals surface area contributed by atoms with E-state index in [1.54, 1.807) is 0 Å². The largest absolute Gasteiger partial charge is 0.330 e. The summed E-state index contributed by atoms with van der Waals surface area (Å²) in [7, 11) is 0. The zero-order valence-corrected chi connectivity index (χ0v) is 12.2. The fourth-order valence-corrected chi connectivity index (χ4v) is 2.90. The molecule has 21 heavy (non-hydrogen) atoms. The first-order chi connectivity index (χ1) is 10.3. The first-order valence-corrected chi connectivity index (χ1v) is 7.56. The third-order valence-electron chi connectivity index (χ3n) is 4.08. The van der Waals surface area contributed by atoms with Crippen LogP contribution in [0.2, 0.25) is 0 Å². The molecule has 0 spiro atoms. The number of nitrogens with two attached hydrogens (primary N) is 1. The quantitative estimate of drug-likeness (QED) is 0.884. The minimum atomic E-state index is 0.609. The van der Waals surface area contributed by atoms with E-state index in [1.807, 2.05) is 22.9 Å². The molecule has 0 saturated carbocycles. The molecule has 1 atom stereocenters. The molecule has 0 amide bonds. The van der Waals surface area contributed by atoms with Crippen molar-refractivity contribution in [1.82, 2.24) is 25.1 Å². The van der Waals surface area contributed by atoms with Crippen LogP contribution in [0.1, 0.15) is 24.2 Å². The van der Waals surface area contributed by atoms with E-state index < -0.39 is 0 Å². The Labute approximate surface area is 124 Å². The molecule has 3 rings (SSSR count). The summed E-state index contributed by atoms with van der Waals surface area (Å²) in [5, 5.41) is 12.1. The van der Waals surface area contributed by atoms with Gasteiger partial charge in [-0.25, -0.2) is 4.68 Å². The lowest BCUT2D eigenvalue weighted by Crippen LogP contribution is -2.38. The predicted molar refractivity (Wildman–Crippen MR) is 80.4 cm³/mol. The molecule has 0 bridgehead atoms. The summed E-state index contributed by atoms with van der Waals surface area (Å²) < 4.78 is 1.89. The number of hydrogen-bond acceptors (Lipinski definition) is 5. The average molecular weight is 286 g/mol. The van der Waals surface area contributed by atoms with Crippen LogP contribution in [-0.4, -0.2) is 44.7 Å². The van der Waals surface area contributed by atoms with E-state index >= 15 is 0 Å². The fourth-order valence-electron chi connectivity index (χ4n) is 2.90. The van der Waals surface area contributed by atoms with Gasteiger partial charge in [0.1, 0.15) is 0 Å². The van der Waals surface area contributed by atoms with Crippen molar-refractivity contribution in [3.8, 4) is 0 Å². The van der Waals surface area contributed by atoms with E-state index in [-0.39, 0.29) is 0 Å². The maximum Gasteiger partial charge on any atom is 0.165 e. The number of piperidine rings is 1. The third-order valence-corrected chi connectivity index (χ3v) is 4.08. The Balaban J connectivity index is 1.65. The molecule has 1 aromatic carbocycles. The molecule has 2 heterocycles. The lowest BCUT2D eigenvalue weighted by Gasteiger charge is -2.31. The summed E-state index contributed by atoms with van der Waals surface area (Å²) in [6.45, 7) is 4.45. The Kier molecular flexibility index (Phi) is 4.57. The minimum absolute atomic E-state index is 0.609. The Morgan fingerprint density at radius 1 is 1.19 bits per heavy atom. The van der Waals surface area contributed by atoms with E-state index in [2.05, 4.69) is 32.6 Å². The molecule has 1 aliphatic rings. The van der Waals surface area contributed by atoms with Crippen molar-refractivity contribution in [3.05, 3.63) is 41.7 Å². The van der Waals surface area contributed by atoms with E-state index in [9.17, 15) is 0 Å². The highest BCUT2D eigenvalue weighted by atomic mass is 15.5. The summed E-state index contributed by atoms with van der Waals surface area (Å²) in [6.07, 6.45) is 2.45. The van der Waals surface area contributed by atoms with Crippen molar-refractivity contribution in [2.45, 2.75) is 25.9 Å². The summed E-state index contributed by atoms with van der Waals surface area (Å²) in [4.78, 5) is 2.41. The first kappa shape index (κ1) is 14.2. The monoisotopic (exact) mass is 286 g/mol. The molecule has 2 aromatic rings. The molecule has 0 radical (unpaired) electrons. The second kappa shape index (κ2) is 6.78. The molecular weight excluding hydrogens is 264 g/mol. The summed E-state index contributed by atoms with van der Waals surface area (Å²) in [5.74, 6) is 1.54. The standard InChI is InChI=1S/C15H22N6/c16-9-14-7-4-8-20(10-14)12-15-17-18-19-21(15)11-13-5-2-1-3-6-13/h1-3,5-6,14H,4,7-12,16H2. The van der Waals surface area contributed by atoms with Gasteiger partial charge in [-0.1, -0.05) is 30.3 Å². The molecule has 0 aliphatic carbocycles. The van der Waals surface area contributed by atoms with Gasteiger partial charge in [0.25, 0.3) is 0 Å².